The van der Waals surface area contributed by atoms with Crippen LogP contribution in [0.5, 0.6) is 5.75 Å². The lowest BCUT2D eigenvalue weighted by Crippen LogP contribution is -2.51. The van der Waals surface area contributed by atoms with Gasteiger partial charge in [0.25, 0.3) is 0 Å². The fourth-order valence-corrected chi connectivity index (χ4v) is 4.59. The molecule has 26 heavy (non-hydrogen) atoms. The SMILES string of the molecule is Oc1cccc(C2CCC(N3CCN(c4ccccc4F)CC3)CC2)c1. The molecule has 1 saturated heterocycles. The van der Waals surface area contributed by atoms with E-state index in [1.807, 2.05) is 24.3 Å². The number of benzene rings is 2. The Morgan fingerprint density at radius 2 is 1.58 bits per heavy atom. The minimum Gasteiger partial charge on any atom is -0.508 e. The first-order chi connectivity index (χ1) is 12.7. The largest absolute Gasteiger partial charge is 0.508 e. The molecule has 0 amide bonds. The second-order valence-corrected chi connectivity index (χ2v) is 7.57. The van der Waals surface area contributed by atoms with Gasteiger partial charge in [-0.1, -0.05) is 24.3 Å². The van der Waals surface area contributed by atoms with E-state index in [9.17, 15) is 9.50 Å². The van der Waals surface area contributed by atoms with Gasteiger partial charge in [0.2, 0.25) is 0 Å². The second-order valence-electron chi connectivity index (χ2n) is 7.57. The number of piperazine rings is 1. The standard InChI is InChI=1S/C22H27FN2O/c23-21-6-1-2-7-22(21)25-14-12-24(13-15-25)19-10-8-17(9-11-19)18-4-3-5-20(26)16-18/h1-7,16-17,19,26H,8-15H2. The quantitative estimate of drug-likeness (QED) is 0.886. The van der Waals surface area contributed by atoms with Crippen LogP contribution in [0.4, 0.5) is 10.1 Å². The summed E-state index contributed by atoms with van der Waals surface area (Å²) in [4.78, 5) is 4.76. The third kappa shape index (κ3) is 3.70. The molecule has 4 heteroatoms. The number of rotatable bonds is 3. The van der Waals surface area contributed by atoms with Crippen LogP contribution in [0, 0.1) is 5.82 Å². The van der Waals surface area contributed by atoms with E-state index < -0.39 is 0 Å². The Kier molecular flexibility index (Phi) is 5.11. The molecule has 1 heterocycles. The number of hydrogen-bond acceptors (Lipinski definition) is 3. The molecule has 138 valence electrons. The molecule has 1 aliphatic carbocycles. The first-order valence-electron chi connectivity index (χ1n) is 9.73. The van der Waals surface area contributed by atoms with Gasteiger partial charge in [-0.2, -0.15) is 0 Å². The van der Waals surface area contributed by atoms with Gasteiger partial charge in [0.15, 0.2) is 0 Å². The smallest absolute Gasteiger partial charge is 0.146 e. The van der Waals surface area contributed by atoms with E-state index in [2.05, 4.69) is 15.9 Å². The zero-order chi connectivity index (χ0) is 17.9. The molecular formula is C22H27FN2O. The summed E-state index contributed by atoms with van der Waals surface area (Å²) in [5.41, 5.74) is 2.01. The van der Waals surface area contributed by atoms with Crippen LogP contribution in [-0.4, -0.2) is 42.2 Å². The molecule has 2 aromatic carbocycles. The average molecular weight is 354 g/mol. The van der Waals surface area contributed by atoms with Crippen LogP contribution >= 0.6 is 0 Å². The molecular weight excluding hydrogens is 327 g/mol. The van der Waals surface area contributed by atoms with Crippen molar-refractivity contribution in [3.8, 4) is 5.75 Å². The molecule has 0 unspecified atom stereocenters. The number of phenols is 1. The Labute approximate surface area is 155 Å². The number of anilines is 1. The minimum absolute atomic E-state index is 0.118. The van der Waals surface area contributed by atoms with Crippen molar-refractivity contribution in [3.63, 3.8) is 0 Å². The van der Waals surface area contributed by atoms with Crippen molar-refractivity contribution in [2.75, 3.05) is 31.1 Å². The summed E-state index contributed by atoms with van der Waals surface area (Å²) < 4.78 is 14.0. The van der Waals surface area contributed by atoms with E-state index in [0.717, 1.165) is 31.9 Å². The molecule has 2 aliphatic rings. The van der Waals surface area contributed by atoms with Crippen LogP contribution in [0.1, 0.15) is 37.2 Å². The Bertz CT molecular complexity index is 734. The Morgan fingerprint density at radius 3 is 2.27 bits per heavy atom. The summed E-state index contributed by atoms with van der Waals surface area (Å²) in [5, 5.41) is 9.70. The lowest BCUT2D eigenvalue weighted by molar-refractivity contribution is 0.141. The lowest BCUT2D eigenvalue weighted by atomic mass is 9.81. The minimum atomic E-state index is -0.118. The summed E-state index contributed by atoms with van der Waals surface area (Å²) in [6.45, 7) is 3.81. The molecule has 2 aromatic rings. The molecule has 0 radical (unpaired) electrons. The fraction of sp³-hybridized carbons (Fsp3) is 0.455. The molecule has 1 N–H and O–H groups in total. The van der Waals surface area contributed by atoms with Gasteiger partial charge in [-0.05, 0) is 61.4 Å². The third-order valence-corrected chi connectivity index (χ3v) is 6.06. The maximum Gasteiger partial charge on any atom is 0.146 e. The van der Waals surface area contributed by atoms with Gasteiger partial charge in [0.05, 0.1) is 5.69 Å². The fourth-order valence-electron chi connectivity index (χ4n) is 4.59. The van der Waals surface area contributed by atoms with Crippen LogP contribution in [0.15, 0.2) is 48.5 Å². The number of nitrogens with zero attached hydrogens (tertiary/aromatic N) is 2. The molecule has 1 saturated carbocycles. The number of halogens is 1. The summed E-state index contributed by atoms with van der Waals surface area (Å²) in [6.07, 6.45) is 4.78. The molecule has 0 atom stereocenters. The van der Waals surface area contributed by atoms with Gasteiger partial charge >= 0.3 is 0 Å². The van der Waals surface area contributed by atoms with Crippen molar-refractivity contribution >= 4 is 5.69 Å². The van der Waals surface area contributed by atoms with E-state index in [0.29, 0.717) is 17.7 Å². The predicted molar refractivity (Wildman–Crippen MR) is 103 cm³/mol. The molecule has 3 nitrogen and oxygen atoms in total. The van der Waals surface area contributed by atoms with Crippen molar-refractivity contribution in [2.24, 2.45) is 0 Å². The summed E-state index contributed by atoms with van der Waals surface area (Å²) in [5.74, 6) is 0.819. The average Bonchev–Trinajstić information content (AvgIpc) is 2.69. The van der Waals surface area contributed by atoms with Crippen molar-refractivity contribution in [1.82, 2.24) is 4.90 Å². The van der Waals surface area contributed by atoms with Gasteiger partial charge in [-0.3, -0.25) is 4.90 Å². The highest BCUT2D eigenvalue weighted by atomic mass is 19.1. The molecule has 2 fully saturated rings. The highest BCUT2D eigenvalue weighted by Gasteiger charge is 2.29. The Hall–Kier alpha value is -2.07. The molecule has 0 aromatic heterocycles. The number of hydrogen-bond donors (Lipinski definition) is 1. The summed E-state index contributed by atoms with van der Waals surface area (Å²) >= 11 is 0. The van der Waals surface area contributed by atoms with Crippen LogP contribution in [0.25, 0.3) is 0 Å². The Morgan fingerprint density at radius 1 is 0.846 bits per heavy atom. The number of para-hydroxylation sites is 1. The first kappa shape index (κ1) is 17.3. The van der Waals surface area contributed by atoms with E-state index in [4.69, 9.17) is 0 Å². The van der Waals surface area contributed by atoms with E-state index in [1.165, 1.54) is 31.2 Å². The van der Waals surface area contributed by atoms with Gasteiger partial charge in [0.1, 0.15) is 11.6 Å². The van der Waals surface area contributed by atoms with E-state index in [1.54, 1.807) is 18.2 Å². The summed E-state index contributed by atoms with van der Waals surface area (Å²) in [7, 11) is 0. The van der Waals surface area contributed by atoms with Crippen LogP contribution in [-0.2, 0) is 0 Å². The summed E-state index contributed by atoms with van der Waals surface area (Å²) in [6, 6.07) is 15.5. The molecule has 0 bridgehead atoms. The van der Waals surface area contributed by atoms with Crippen molar-refractivity contribution in [2.45, 2.75) is 37.6 Å². The van der Waals surface area contributed by atoms with Crippen LogP contribution in [0.3, 0.4) is 0 Å². The number of aromatic hydroxyl groups is 1. The van der Waals surface area contributed by atoms with Gasteiger partial charge in [-0.15, -0.1) is 0 Å². The normalized spacial score (nSPS) is 24.6. The van der Waals surface area contributed by atoms with E-state index in [-0.39, 0.29) is 5.82 Å². The Balaban J connectivity index is 1.30. The lowest BCUT2D eigenvalue weighted by Gasteiger charge is -2.42. The monoisotopic (exact) mass is 354 g/mol. The molecule has 0 spiro atoms. The highest BCUT2D eigenvalue weighted by molar-refractivity contribution is 5.48. The topological polar surface area (TPSA) is 26.7 Å². The molecule has 4 rings (SSSR count). The van der Waals surface area contributed by atoms with Crippen molar-refractivity contribution in [1.29, 1.82) is 0 Å². The predicted octanol–water partition coefficient (Wildman–Crippen LogP) is 4.38. The van der Waals surface area contributed by atoms with Crippen LogP contribution < -0.4 is 4.90 Å². The van der Waals surface area contributed by atoms with Crippen LogP contribution in [0.2, 0.25) is 0 Å². The van der Waals surface area contributed by atoms with Gasteiger partial charge < -0.3 is 10.0 Å². The van der Waals surface area contributed by atoms with Gasteiger partial charge in [0, 0.05) is 32.2 Å². The van der Waals surface area contributed by atoms with E-state index >= 15 is 0 Å². The van der Waals surface area contributed by atoms with Gasteiger partial charge in [-0.25, -0.2) is 4.39 Å². The maximum absolute atomic E-state index is 14.0. The second kappa shape index (κ2) is 7.67. The van der Waals surface area contributed by atoms with Crippen molar-refractivity contribution < 1.29 is 9.50 Å². The van der Waals surface area contributed by atoms with Crippen molar-refractivity contribution in [3.05, 3.63) is 59.9 Å². The number of phenolic OH excluding ortho intramolecular Hbond substituents is 1. The maximum atomic E-state index is 14.0. The third-order valence-electron chi connectivity index (χ3n) is 6.06. The zero-order valence-corrected chi connectivity index (χ0v) is 15.1. The zero-order valence-electron chi connectivity index (χ0n) is 15.1. The first-order valence-corrected chi connectivity index (χ1v) is 9.73. The molecule has 1 aliphatic heterocycles. The highest BCUT2D eigenvalue weighted by Crippen LogP contribution is 2.36.